The lowest BCUT2D eigenvalue weighted by molar-refractivity contribution is -0.137. The number of allylic oxidation sites excluding steroid dienone is 1. The number of morpholine rings is 1. The summed E-state index contributed by atoms with van der Waals surface area (Å²) in [7, 11) is 0. The van der Waals surface area contributed by atoms with E-state index in [4.69, 9.17) is 4.74 Å². The number of halogens is 4. The highest BCUT2D eigenvalue weighted by atomic mass is 19.4. The van der Waals surface area contributed by atoms with E-state index in [9.17, 15) is 18.0 Å². The first-order chi connectivity index (χ1) is 15.6. The van der Waals surface area contributed by atoms with Crippen molar-refractivity contribution < 1.29 is 27.1 Å². The van der Waals surface area contributed by atoms with Crippen LogP contribution in [0.15, 0.2) is 36.8 Å². The van der Waals surface area contributed by atoms with Gasteiger partial charge in [0.05, 0.1) is 24.5 Å². The molecule has 1 fully saturated rings. The van der Waals surface area contributed by atoms with Gasteiger partial charge in [0, 0.05) is 44.9 Å². The van der Waals surface area contributed by atoms with E-state index in [0.29, 0.717) is 31.8 Å². The van der Waals surface area contributed by atoms with Crippen LogP contribution < -0.4 is 9.80 Å². The smallest absolute Gasteiger partial charge is 0.375 e. The van der Waals surface area contributed by atoms with Crippen LogP contribution in [0.5, 0.6) is 0 Å². The van der Waals surface area contributed by atoms with Gasteiger partial charge in [-0.1, -0.05) is 6.08 Å². The van der Waals surface area contributed by atoms with Crippen LogP contribution in [-0.2, 0) is 28.7 Å². The number of carbonyl (C=O) groups is 1. The average molecular weight is 467 g/mol. The summed E-state index contributed by atoms with van der Waals surface area (Å²) in [4.78, 5) is 20.0. The maximum Gasteiger partial charge on any atom is 0.416 e. The van der Waals surface area contributed by atoms with E-state index in [0.717, 1.165) is 17.0 Å². The quantitative estimate of drug-likeness (QED) is 0.627. The number of alkyl halides is 4. The van der Waals surface area contributed by atoms with Gasteiger partial charge in [0.25, 0.3) is 5.91 Å². The molecule has 178 valence electrons. The molecule has 7 nitrogen and oxygen atoms in total. The Kier molecular flexibility index (Phi) is 6.17. The van der Waals surface area contributed by atoms with Gasteiger partial charge in [0.1, 0.15) is 11.6 Å². The van der Waals surface area contributed by atoms with Gasteiger partial charge in [-0.05, 0) is 31.5 Å². The van der Waals surface area contributed by atoms with E-state index in [2.05, 4.69) is 10.1 Å². The van der Waals surface area contributed by atoms with Gasteiger partial charge in [0.15, 0.2) is 5.67 Å². The zero-order valence-corrected chi connectivity index (χ0v) is 18.3. The summed E-state index contributed by atoms with van der Waals surface area (Å²) in [6.45, 7) is 5.34. The molecule has 4 rings (SSSR count). The molecule has 2 aromatic heterocycles. The fourth-order valence-corrected chi connectivity index (χ4v) is 4.02. The lowest BCUT2D eigenvalue weighted by Gasteiger charge is -2.34. The van der Waals surface area contributed by atoms with Crippen molar-refractivity contribution in [3.63, 3.8) is 0 Å². The Morgan fingerprint density at radius 3 is 2.70 bits per heavy atom. The first kappa shape index (κ1) is 23.2. The highest BCUT2D eigenvalue weighted by Crippen LogP contribution is 2.37. The molecule has 1 amide bonds. The topological polar surface area (TPSA) is 63.5 Å². The van der Waals surface area contributed by atoms with Crippen LogP contribution in [0.4, 0.5) is 29.2 Å². The number of carbonyl (C=O) groups excluding carboxylic acids is 1. The minimum absolute atomic E-state index is 0.0652. The number of aromatic nitrogens is 3. The summed E-state index contributed by atoms with van der Waals surface area (Å²) < 4.78 is 63.8. The lowest BCUT2D eigenvalue weighted by Crippen LogP contribution is -2.48. The maximum atomic E-state index is 15.8. The van der Waals surface area contributed by atoms with E-state index in [1.165, 1.54) is 18.5 Å². The number of nitrogens with zero attached hydrogens (tertiary/aromatic N) is 5. The number of hydrogen-bond donors (Lipinski definition) is 0. The zero-order valence-electron chi connectivity index (χ0n) is 18.3. The monoisotopic (exact) mass is 467 g/mol. The average Bonchev–Trinajstić information content (AvgIpc) is 3.22. The molecule has 2 aromatic rings. The van der Waals surface area contributed by atoms with Crippen molar-refractivity contribution in [2.75, 3.05) is 29.5 Å². The summed E-state index contributed by atoms with van der Waals surface area (Å²) in [6, 6.07) is 1.72. The normalized spacial score (nSPS) is 23.9. The third-order valence-electron chi connectivity index (χ3n) is 5.73. The highest BCUT2D eigenvalue weighted by molar-refractivity contribution is 6.01. The molecule has 2 aliphatic heterocycles. The molecule has 2 aliphatic rings. The summed E-state index contributed by atoms with van der Waals surface area (Å²) in [5.74, 6) is -1.16. The zero-order chi connectivity index (χ0) is 23.8. The Hall–Kier alpha value is -2.95. The van der Waals surface area contributed by atoms with Gasteiger partial charge in [-0.2, -0.15) is 18.3 Å². The Labute approximate surface area is 188 Å². The molecule has 11 heteroatoms. The number of rotatable bonds is 5. The largest absolute Gasteiger partial charge is 0.416 e. The van der Waals surface area contributed by atoms with Gasteiger partial charge >= 0.3 is 6.18 Å². The fraction of sp³-hybridized carbons (Fsp3) is 0.500. The lowest BCUT2D eigenvalue weighted by atomic mass is 9.91. The van der Waals surface area contributed by atoms with Gasteiger partial charge in [0.2, 0.25) is 0 Å². The van der Waals surface area contributed by atoms with E-state index in [-0.39, 0.29) is 30.6 Å². The Morgan fingerprint density at radius 1 is 1.27 bits per heavy atom. The molecule has 1 saturated heterocycles. The van der Waals surface area contributed by atoms with Crippen LogP contribution in [0.2, 0.25) is 0 Å². The minimum Gasteiger partial charge on any atom is -0.375 e. The molecule has 0 spiro atoms. The molecule has 4 heterocycles. The van der Waals surface area contributed by atoms with Gasteiger partial charge in [-0.15, -0.1) is 0 Å². The predicted molar refractivity (Wildman–Crippen MR) is 114 cm³/mol. The van der Waals surface area contributed by atoms with E-state index in [1.54, 1.807) is 15.8 Å². The number of amides is 1. The van der Waals surface area contributed by atoms with Gasteiger partial charge < -0.3 is 9.64 Å². The Morgan fingerprint density at radius 2 is 2.03 bits per heavy atom. The van der Waals surface area contributed by atoms with E-state index < -0.39 is 23.3 Å². The third kappa shape index (κ3) is 4.87. The highest BCUT2D eigenvalue weighted by Gasteiger charge is 2.44. The molecule has 1 unspecified atom stereocenters. The van der Waals surface area contributed by atoms with Crippen molar-refractivity contribution in [2.24, 2.45) is 0 Å². The van der Waals surface area contributed by atoms with Gasteiger partial charge in [-0.25, -0.2) is 9.37 Å². The van der Waals surface area contributed by atoms with Crippen LogP contribution in [0.1, 0.15) is 31.4 Å². The van der Waals surface area contributed by atoms with Crippen molar-refractivity contribution in [2.45, 2.75) is 51.2 Å². The van der Waals surface area contributed by atoms with Crippen molar-refractivity contribution in [1.82, 2.24) is 14.8 Å². The molecule has 0 N–H and O–H groups in total. The second-order valence-electron chi connectivity index (χ2n) is 8.31. The number of aryl methyl sites for hydroxylation is 1. The Balaban J connectivity index is 1.67. The SMILES string of the molecule is CCn1cc(CC2(F)CC=CN(c3cc(C(F)(F)F)cc(N4CCO[C@H](C)C4)n3)C2=O)cn1. The van der Waals surface area contributed by atoms with Crippen LogP contribution in [0, 0.1) is 0 Å². The summed E-state index contributed by atoms with van der Waals surface area (Å²) in [5, 5.41) is 4.10. The molecule has 2 atom stereocenters. The van der Waals surface area contributed by atoms with Crippen molar-refractivity contribution in [3.8, 4) is 0 Å². The second-order valence-corrected chi connectivity index (χ2v) is 8.31. The van der Waals surface area contributed by atoms with Crippen LogP contribution in [0.3, 0.4) is 0 Å². The summed E-state index contributed by atoms with van der Waals surface area (Å²) in [6.07, 6.45) is 0.588. The first-order valence-electron chi connectivity index (χ1n) is 10.8. The Bertz CT molecular complexity index is 1050. The van der Waals surface area contributed by atoms with Crippen molar-refractivity contribution >= 4 is 17.5 Å². The molecule has 33 heavy (non-hydrogen) atoms. The standard InChI is InChI=1S/C22H25F4N5O2/c1-3-30-14-16(12-27-30)11-21(23)5-4-6-31(20(21)32)19-10-17(22(24,25)26)9-18(28-19)29-7-8-33-15(2)13-29/h4,6,9-10,12,14-15H,3,5,7-8,11,13H2,1-2H3/t15-,21?/m1/s1. The number of anilines is 2. The van der Waals surface area contributed by atoms with Gasteiger partial charge in [-0.3, -0.25) is 14.4 Å². The van der Waals surface area contributed by atoms with E-state index in [1.807, 2.05) is 13.8 Å². The van der Waals surface area contributed by atoms with Crippen LogP contribution in [0.25, 0.3) is 0 Å². The molecule has 0 aromatic carbocycles. The number of hydrogen-bond acceptors (Lipinski definition) is 5. The second kappa shape index (κ2) is 8.77. The fourth-order valence-electron chi connectivity index (χ4n) is 4.02. The summed E-state index contributed by atoms with van der Waals surface area (Å²) >= 11 is 0. The molecular weight excluding hydrogens is 442 g/mol. The minimum atomic E-state index is -4.66. The predicted octanol–water partition coefficient (Wildman–Crippen LogP) is 3.74. The first-order valence-corrected chi connectivity index (χ1v) is 10.8. The maximum absolute atomic E-state index is 15.8. The molecular formula is C22H25F4N5O2. The van der Waals surface area contributed by atoms with Crippen LogP contribution in [-0.4, -0.2) is 52.1 Å². The third-order valence-corrected chi connectivity index (χ3v) is 5.73. The van der Waals surface area contributed by atoms with Crippen molar-refractivity contribution in [3.05, 3.63) is 47.9 Å². The van der Waals surface area contributed by atoms with Crippen LogP contribution >= 0.6 is 0 Å². The molecule has 0 bridgehead atoms. The molecule has 0 radical (unpaired) electrons. The number of ether oxygens (including phenoxy) is 1. The molecule has 0 aliphatic carbocycles. The van der Waals surface area contributed by atoms with E-state index >= 15 is 4.39 Å². The van der Waals surface area contributed by atoms with Crippen molar-refractivity contribution in [1.29, 1.82) is 0 Å². The molecule has 0 saturated carbocycles. The summed E-state index contributed by atoms with van der Waals surface area (Å²) in [5.41, 5.74) is -2.75. The number of pyridine rings is 1.